The fraction of sp³-hybridized carbons (Fsp3) is 0.455. The Balaban J connectivity index is 1.56. The maximum Gasteiger partial charge on any atom is 0.167 e. The molecule has 0 bridgehead atoms. The molecule has 1 heterocycles. The molecule has 1 saturated carbocycles. The van der Waals surface area contributed by atoms with E-state index in [9.17, 15) is 0 Å². The largest absolute Gasteiger partial charge is 0.348 e. The van der Waals surface area contributed by atoms with Crippen LogP contribution in [0, 0.1) is 0 Å². The van der Waals surface area contributed by atoms with Crippen molar-refractivity contribution in [1.29, 1.82) is 0 Å². The van der Waals surface area contributed by atoms with Crippen molar-refractivity contribution >= 4 is 0 Å². The van der Waals surface area contributed by atoms with Gasteiger partial charge in [-0.05, 0) is 30.9 Å². The number of nitrogens with zero attached hydrogens (tertiary/aromatic N) is 1. The Morgan fingerprint density at radius 1 is 0.800 bits per heavy atom. The first-order valence-electron chi connectivity index (χ1n) is 9.28. The normalized spacial score (nSPS) is 20.7. The van der Waals surface area contributed by atoms with Gasteiger partial charge in [0.05, 0.1) is 13.2 Å². The average Bonchev–Trinajstić information content (AvgIpc) is 3.28. The van der Waals surface area contributed by atoms with Gasteiger partial charge in [-0.2, -0.15) is 0 Å². The van der Waals surface area contributed by atoms with Crippen LogP contribution in [-0.4, -0.2) is 29.4 Å². The van der Waals surface area contributed by atoms with Gasteiger partial charge in [-0.1, -0.05) is 60.7 Å². The Morgan fingerprint density at radius 2 is 1.28 bits per heavy atom. The predicted octanol–water partition coefficient (Wildman–Crippen LogP) is 4.37. The first-order valence-corrected chi connectivity index (χ1v) is 9.28. The summed E-state index contributed by atoms with van der Waals surface area (Å²) in [5, 5.41) is 0. The van der Waals surface area contributed by atoms with E-state index in [0.29, 0.717) is 13.2 Å². The Kier molecular flexibility index (Phi) is 4.63. The monoisotopic (exact) mass is 337 g/mol. The Morgan fingerprint density at radius 3 is 1.72 bits per heavy atom. The van der Waals surface area contributed by atoms with Crippen LogP contribution < -0.4 is 0 Å². The lowest BCUT2D eigenvalue weighted by atomic mass is 10.0. The maximum absolute atomic E-state index is 5.92. The molecule has 0 aromatic heterocycles. The van der Waals surface area contributed by atoms with Crippen LogP contribution >= 0.6 is 0 Å². The maximum atomic E-state index is 5.92. The number of benzene rings is 2. The topological polar surface area (TPSA) is 21.7 Å². The standard InChI is InChI=1S/C22H27NO2/c1-21(24-14-15-25-21)18-22(12-13-22)23(16-19-8-4-2-5-9-19)17-20-10-6-3-7-11-20/h2-11H,12-18H2,1H3. The van der Waals surface area contributed by atoms with E-state index in [1.165, 1.54) is 24.0 Å². The van der Waals surface area contributed by atoms with Gasteiger partial charge in [0.2, 0.25) is 0 Å². The van der Waals surface area contributed by atoms with Crippen molar-refractivity contribution in [2.24, 2.45) is 0 Å². The summed E-state index contributed by atoms with van der Waals surface area (Å²) in [6, 6.07) is 21.5. The van der Waals surface area contributed by atoms with E-state index >= 15 is 0 Å². The number of hydrogen-bond donors (Lipinski definition) is 0. The average molecular weight is 337 g/mol. The lowest BCUT2D eigenvalue weighted by Crippen LogP contribution is -2.43. The Labute approximate surface area is 150 Å². The van der Waals surface area contributed by atoms with E-state index in [4.69, 9.17) is 9.47 Å². The lowest BCUT2D eigenvalue weighted by molar-refractivity contribution is -0.161. The molecule has 0 radical (unpaired) electrons. The van der Waals surface area contributed by atoms with E-state index in [1.807, 2.05) is 0 Å². The molecule has 25 heavy (non-hydrogen) atoms. The molecule has 0 atom stereocenters. The molecule has 3 nitrogen and oxygen atoms in total. The van der Waals surface area contributed by atoms with Crippen LogP contribution in [0.15, 0.2) is 60.7 Å². The number of ether oxygens (including phenoxy) is 2. The summed E-state index contributed by atoms with van der Waals surface area (Å²) >= 11 is 0. The van der Waals surface area contributed by atoms with Gasteiger partial charge in [-0.15, -0.1) is 0 Å². The summed E-state index contributed by atoms with van der Waals surface area (Å²) in [6.07, 6.45) is 3.38. The highest BCUT2D eigenvalue weighted by atomic mass is 16.7. The zero-order valence-corrected chi connectivity index (χ0v) is 15.0. The molecule has 0 amide bonds. The SMILES string of the molecule is CC1(CC2(N(Cc3ccccc3)Cc3ccccc3)CC2)OCCO1. The van der Waals surface area contributed by atoms with Crippen LogP contribution in [0.1, 0.15) is 37.3 Å². The van der Waals surface area contributed by atoms with Crippen molar-refractivity contribution in [3.63, 3.8) is 0 Å². The number of hydrogen-bond acceptors (Lipinski definition) is 3. The highest BCUT2D eigenvalue weighted by Gasteiger charge is 2.53. The molecule has 2 fully saturated rings. The molecular formula is C22H27NO2. The molecule has 0 unspecified atom stereocenters. The molecule has 4 rings (SSSR count). The molecule has 1 saturated heterocycles. The van der Waals surface area contributed by atoms with E-state index in [2.05, 4.69) is 72.5 Å². The van der Waals surface area contributed by atoms with Gasteiger partial charge in [0.1, 0.15) is 0 Å². The molecule has 2 aliphatic rings. The first kappa shape index (κ1) is 16.8. The smallest absolute Gasteiger partial charge is 0.167 e. The van der Waals surface area contributed by atoms with Crippen molar-refractivity contribution in [2.45, 2.75) is 50.6 Å². The van der Waals surface area contributed by atoms with Crippen molar-refractivity contribution in [2.75, 3.05) is 13.2 Å². The lowest BCUT2D eigenvalue weighted by Gasteiger charge is -2.37. The third-order valence-electron chi connectivity index (χ3n) is 5.48. The van der Waals surface area contributed by atoms with Crippen LogP contribution in [0.3, 0.4) is 0 Å². The minimum Gasteiger partial charge on any atom is -0.348 e. The highest BCUT2D eigenvalue weighted by molar-refractivity contribution is 5.20. The second-order valence-electron chi connectivity index (χ2n) is 7.56. The zero-order chi connectivity index (χ0) is 17.2. The molecule has 3 heteroatoms. The van der Waals surface area contributed by atoms with Crippen molar-refractivity contribution < 1.29 is 9.47 Å². The van der Waals surface area contributed by atoms with Crippen molar-refractivity contribution in [3.8, 4) is 0 Å². The second-order valence-corrected chi connectivity index (χ2v) is 7.56. The van der Waals surface area contributed by atoms with Gasteiger partial charge in [0.15, 0.2) is 5.79 Å². The van der Waals surface area contributed by atoms with Crippen LogP contribution in [0.4, 0.5) is 0 Å². The molecular weight excluding hydrogens is 310 g/mol. The Hall–Kier alpha value is -1.68. The predicted molar refractivity (Wildman–Crippen MR) is 99.0 cm³/mol. The third-order valence-corrected chi connectivity index (χ3v) is 5.48. The summed E-state index contributed by atoms with van der Waals surface area (Å²) in [6.45, 7) is 5.45. The molecule has 0 spiro atoms. The van der Waals surface area contributed by atoms with Gasteiger partial charge in [-0.25, -0.2) is 0 Å². The second kappa shape index (κ2) is 6.91. The van der Waals surface area contributed by atoms with Gasteiger partial charge >= 0.3 is 0 Å². The van der Waals surface area contributed by atoms with Gasteiger partial charge in [0.25, 0.3) is 0 Å². The molecule has 0 N–H and O–H groups in total. The van der Waals surface area contributed by atoms with Gasteiger partial charge < -0.3 is 9.47 Å². The molecule has 132 valence electrons. The highest BCUT2D eigenvalue weighted by Crippen LogP contribution is 2.50. The summed E-state index contributed by atoms with van der Waals surface area (Å²) in [5.41, 5.74) is 2.91. The van der Waals surface area contributed by atoms with E-state index in [1.54, 1.807) is 0 Å². The number of rotatable bonds is 7. The van der Waals surface area contributed by atoms with Crippen molar-refractivity contribution in [3.05, 3.63) is 71.8 Å². The molecule has 2 aromatic carbocycles. The van der Waals surface area contributed by atoms with Crippen LogP contribution in [0.5, 0.6) is 0 Å². The molecule has 1 aliphatic heterocycles. The fourth-order valence-corrected chi connectivity index (χ4v) is 4.00. The quantitative estimate of drug-likeness (QED) is 0.749. The minimum absolute atomic E-state index is 0.185. The van der Waals surface area contributed by atoms with Crippen molar-refractivity contribution in [1.82, 2.24) is 4.90 Å². The minimum atomic E-state index is -0.428. The van der Waals surface area contributed by atoms with Crippen LogP contribution in [0.25, 0.3) is 0 Å². The summed E-state index contributed by atoms with van der Waals surface area (Å²) in [4.78, 5) is 2.63. The van der Waals surface area contributed by atoms with E-state index < -0.39 is 5.79 Å². The zero-order valence-electron chi connectivity index (χ0n) is 15.0. The first-order chi connectivity index (χ1) is 12.2. The molecule has 1 aliphatic carbocycles. The third kappa shape index (κ3) is 3.95. The van der Waals surface area contributed by atoms with E-state index in [-0.39, 0.29) is 5.54 Å². The summed E-state index contributed by atoms with van der Waals surface area (Å²) in [5.74, 6) is -0.428. The van der Waals surface area contributed by atoms with Crippen LogP contribution in [0.2, 0.25) is 0 Å². The van der Waals surface area contributed by atoms with Gasteiger partial charge in [0, 0.05) is 25.0 Å². The Bertz CT molecular complexity index is 634. The summed E-state index contributed by atoms with van der Waals surface area (Å²) < 4.78 is 11.8. The van der Waals surface area contributed by atoms with E-state index in [0.717, 1.165) is 19.5 Å². The fourth-order valence-electron chi connectivity index (χ4n) is 4.00. The molecule has 2 aromatic rings. The summed E-state index contributed by atoms with van der Waals surface area (Å²) in [7, 11) is 0. The van der Waals surface area contributed by atoms with Crippen LogP contribution in [-0.2, 0) is 22.6 Å². The van der Waals surface area contributed by atoms with Gasteiger partial charge in [-0.3, -0.25) is 4.90 Å².